The molecule has 5 nitrogen and oxygen atoms in total. The Kier molecular flexibility index (Phi) is 5.28. The van der Waals surface area contributed by atoms with E-state index in [0.717, 1.165) is 18.8 Å². The lowest BCUT2D eigenvalue weighted by atomic mass is 9.96. The quantitative estimate of drug-likeness (QED) is 0.640. The Morgan fingerprint density at radius 3 is 2.91 bits per heavy atom. The summed E-state index contributed by atoms with van der Waals surface area (Å²) in [6.07, 6.45) is 4.14. The van der Waals surface area contributed by atoms with Gasteiger partial charge in [0.05, 0.1) is 29.8 Å². The monoisotopic (exact) mass is 337 g/mol. The van der Waals surface area contributed by atoms with Crippen molar-refractivity contribution in [3.63, 3.8) is 0 Å². The number of hydrogen-bond donors (Lipinski definition) is 2. The van der Waals surface area contributed by atoms with Crippen molar-refractivity contribution in [3.8, 4) is 5.75 Å². The Balaban J connectivity index is 1.45. The Bertz CT molecular complexity index is 567. The Labute approximate surface area is 142 Å². The molecule has 6 heteroatoms. The van der Waals surface area contributed by atoms with Gasteiger partial charge in [0.25, 0.3) is 0 Å². The smallest absolute Gasteiger partial charge is 0.191 e. The minimum absolute atomic E-state index is 0.0234. The van der Waals surface area contributed by atoms with Gasteiger partial charge in [-0.2, -0.15) is 0 Å². The molecule has 126 valence electrons. The second kappa shape index (κ2) is 7.41. The molecule has 23 heavy (non-hydrogen) atoms. The molecule has 0 spiro atoms. The number of nitrogens with zero attached hydrogens (tertiary/aromatic N) is 1. The molecule has 2 saturated heterocycles. The van der Waals surface area contributed by atoms with Crippen molar-refractivity contribution in [2.45, 2.75) is 50.5 Å². The summed E-state index contributed by atoms with van der Waals surface area (Å²) in [5.41, 5.74) is 0. The molecule has 1 aromatic carbocycles. The number of rotatable bonds is 5. The average molecular weight is 338 g/mol. The summed E-state index contributed by atoms with van der Waals surface area (Å²) in [5.74, 6) is 1.49. The second-order valence-electron chi connectivity index (χ2n) is 6.17. The van der Waals surface area contributed by atoms with E-state index in [1.807, 2.05) is 31.2 Å². The van der Waals surface area contributed by atoms with Crippen LogP contribution in [-0.2, 0) is 4.74 Å². The van der Waals surface area contributed by atoms with Gasteiger partial charge in [-0.15, -0.1) is 0 Å². The maximum absolute atomic E-state index is 6.11. The first-order valence-corrected chi connectivity index (χ1v) is 8.57. The molecular weight excluding hydrogens is 314 g/mol. The molecule has 2 bridgehead atoms. The molecule has 2 aliphatic rings. The van der Waals surface area contributed by atoms with Crippen LogP contribution in [0, 0.1) is 0 Å². The maximum Gasteiger partial charge on any atom is 0.191 e. The van der Waals surface area contributed by atoms with Crippen molar-refractivity contribution >= 4 is 17.6 Å². The van der Waals surface area contributed by atoms with E-state index >= 15 is 0 Å². The van der Waals surface area contributed by atoms with Gasteiger partial charge in [-0.3, -0.25) is 4.99 Å². The first kappa shape index (κ1) is 16.4. The zero-order valence-electron chi connectivity index (χ0n) is 13.6. The summed E-state index contributed by atoms with van der Waals surface area (Å²) >= 11 is 6.11. The lowest BCUT2D eigenvalue weighted by molar-refractivity contribution is 0.0992. The lowest BCUT2D eigenvalue weighted by Gasteiger charge is -2.24. The Morgan fingerprint density at radius 2 is 2.26 bits per heavy atom. The number of nitrogens with one attached hydrogen (secondary N) is 2. The van der Waals surface area contributed by atoms with Crippen LogP contribution in [0.5, 0.6) is 5.75 Å². The summed E-state index contributed by atoms with van der Waals surface area (Å²) < 4.78 is 11.7. The second-order valence-corrected chi connectivity index (χ2v) is 6.58. The fraction of sp³-hybridized carbons (Fsp3) is 0.588. The Morgan fingerprint density at radius 1 is 1.43 bits per heavy atom. The van der Waals surface area contributed by atoms with Crippen molar-refractivity contribution < 1.29 is 9.47 Å². The van der Waals surface area contributed by atoms with E-state index in [2.05, 4.69) is 15.6 Å². The first-order valence-electron chi connectivity index (χ1n) is 8.19. The highest BCUT2D eigenvalue weighted by molar-refractivity contribution is 6.32. The van der Waals surface area contributed by atoms with Gasteiger partial charge in [-0.05, 0) is 38.3 Å². The standard InChI is InChI=1S/C17H24ClN3O2/c1-11(22-15-6-4-3-5-13(15)18)10-20-17(19-2)21-14-9-12-7-8-16(14)23-12/h3-6,11-12,14,16H,7-10H2,1-2H3,(H2,19,20,21). The third-order valence-corrected chi connectivity index (χ3v) is 4.69. The number of guanidine groups is 1. The van der Waals surface area contributed by atoms with Crippen LogP contribution in [0.1, 0.15) is 26.2 Å². The van der Waals surface area contributed by atoms with Gasteiger partial charge in [-0.25, -0.2) is 0 Å². The minimum Gasteiger partial charge on any atom is -0.487 e. The van der Waals surface area contributed by atoms with Gasteiger partial charge >= 0.3 is 0 Å². The normalized spacial score (nSPS) is 27.8. The predicted octanol–water partition coefficient (Wildman–Crippen LogP) is 2.59. The molecule has 2 heterocycles. The van der Waals surface area contributed by atoms with Crippen LogP contribution in [0.3, 0.4) is 0 Å². The van der Waals surface area contributed by atoms with E-state index in [1.165, 1.54) is 6.42 Å². The molecule has 4 atom stereocenters. The van der Waals surface area contributed by atoms with Crippen molar-refractivity contribution in [3.05, 3.63) is 29.3 Å². The highest BCUT2D eigenvalue weighted by atomic mass is 35.5. The van der Waals surface area contributed by atoms with E-state index in [1.54, 1.807) is 7.05 Å². The van der Waals surface area contributed by atoms with Gasteiger partial charge in [0, 0.05) is 7.05 Å². The molecule has 4 unspecified atom stereocenters. The third kappa shape index (κ3) is 4.09. The van der Waals surface area contributed by atoms with E-state index in [4.69, 9.17) is 21.1 Å². The van der Waals surface area contributed by atoms with Gasteiger partial charge in [0.1, 0.15) is 11.9 Å². The van der Waals surface area contributed by atoms with Crippen molar-refractivity contribution in [2.75, 3.05) is 13.6 Å². The first-order chi connectivity index (χ1) is 11.2. The fourth-order valence-electron chi connectivity index (χ4n) is 3.20. The van der Waals surface area contributed by atoms with Gasteiger partial charge in [0.2, 0.25) is 0 Å². The summed E-state index contributed by atoms with van der Waals surface area (Å²) in [6, 6.07) is 7.86. The van der Waals surface area contributed by atoms with Crippen LogP contribution in [-0.4, -0.2) is 43.9 Å². The number of benzene rings is 1. The number of hydrogen-bond acceptors (Lipinski definition) is 3. The van der Waals surface area contributed by atoms with Crippen molar-refractivity contribution in [1.29, 1.82) is 0 Å². The van der Waals surface area contributed by atoms with E-state index < -0.39 is 0 Å². The fourth-order valence-corrected chi connectivity index (χ4v) is 3.38. The number of ether oxygens (including phenoxy) is 2. The zero-order chi connectivity index (χ0) is 16.2. The largest absolute Gasteiger partial charge is 0.487 e. The molecule has 0 amide bonds. The average Bonchev–Trinajstić information content (AvgIpc) is 3.16. The molecule has 0 saturated carbocycles. The van der Waals surface area contributed by atoms with E-state index in [9.17, 15) is 0 Å². The van der Waals surface area contributed by atoms with Crippen molar-refractivity contribution in [1.82, 2.24) is 10.6 Å². The third-order valence-electron chi connectivity index (χ3n) is 4.37. The lowest BCUT2D eigenvalue weighted by Crippen LogP contribution is -2.49. The molecule has 0 aliphatic carbocycles. The minimum atomic E-state index is -0.0234. The number of para-hydroxylation sites is 1. The van der Waals surface area contributed by atoms with Crippen molar-refractivity contribution in [2.24, 2.45) is 4.99 Å². The molecule has 0 radical (unpaired) electrons. The summed E-state index contributed by atoms with van der Waals surface area (Å²) in [6.45, 7) is 2.65. The number of aliphatic imine (C=N–C) groups is 1. The molecule has 3 rings (SSSR count). The Hall–Kier alpha value is -1.46. The summed E-state index contributed by atoms with van der Waals surface area (Å²) in [5, 5.41) is 7.40. The van der Waals surface area contributed by atoms with Gasteiger partial charge < -0.3 is 20.1 Å². The van der Waals surface area contributed by atoms with Gasteiger partial charge in [-0.1, -0.05) is 23.7 Å². The molecule has 2 N–H and O–H groups in total. The SMILES string of the molecule is CN=C(NCC(C)Oc1ccccc1Cl)NC1CC2CCC1O2. The topological polar surface area (TPSA) is 54.9 Å². The molecule has 0 aromatic heterocycles. The predicted molar refractivity (Wildman–Crippen MR) is 92.3 cm³/mol. The number of fused-ring (bicyclic) bond motifs is 2. The maximum atomic E-state index is 6.11. The van der Waals surface area contributed by atoms with Crippen LogP contribution in [0.4, 0.5) is 0 Å². The summed E-state index contributed by atoms with van der Waals surface area (Å²) in [7, 11) is 1.78. The summed E-state index contributed by atoms with van der Waals surface area (Å²) in [4.78, 5) is 4.29. The molecule has 1 aromatic rings. The zero-order valence-corrected chi connectivity index (χ0v) is 14.3. The molecule has 2 aliphatic heterocycles. The van der Waals surface area contributed by atoms with Crippen LogP contribution in [0.25, 0.3) is 0 Å². The van der Waals surface area contributed by atoms with Gasteiger partial charge in [0.15, 0.2) is 5.96 Å². The van der Waals surface area contributed by atoms with Crippen LogP contribution < -0.4 is 15.4 Å². The van der Waals surface area contributed by atoms with Crippen LogP contribution in [0.2, 0.25) is 5.02 Å². The highest BCUT2D eigenvalue weighted by Crippen LogP contribution is 2.34. The van der Waals surface area contributed by atoms with E-state index in [-0.39, 0.29) is 6.10 Å². The van der Waals surface area contributed by atoms with E-state index in [0.29, 0.717) is 35.6 Å². The number of halogens is 1. The van der Waals surface area contributed by atoms with Crippen LogP contribution >= 0.6 is 11.6 Å². The highest BCUT2D eigenvalue weighted by Gasteiger charge is 2.41. The molecule has 2 fully saturated rings. The van der Waals surface area contributed by atoms with Crippen LogP contribution in [0.15, 0.2) is 29.3 Å². The molecular formula is C17H24ClN3O2.